The average molecular weight is 676 g/mol. The van der Waals surface area contributed by atoms with E-state index in [2.05, 4.69) is 15.9 Å². The van der Waals surface area contributed by atoms with Crippen LogP contribution in [0.25, 0.3) is 6.08 Å². The number of phenolic OH excluding ortho intramolecular Hbond substituents is 1. The number of phenols is 2. The zero-order valence-electron chi connectivity index (χ0n) is 23.9. The molecule has 12 heteroatoms. The van der Waals surface area contributed by atoms with E-state index in [9.17, 15) is 39.3 Å². The monoisotopic (exact) mass is 675 g/mol. The van der Waals surface area contributed by atoms with E-state index < -0.39 is 47.2 Å². The number of ether oxygens (including phenoxy) is 2. The molecule has 1 fully saturated rings. The Morgan fingerprint density at radius 3 is 2.31 bits per heavy atom. The fourth-order valence-electron chi connectivity index (χ4n) is 6.80. The number of carbonyl (C=O) groups excluding carboxylic acids is 4. The van der Waals surface area contributed by atoms with Crippen LogP contribution in [0.15, 0.2) is 69.8 Å². The molecule has 3 aliphatic carbocycles. The lowest BCUT2D eigenvalue weighted by molar-refractivity contribution is -0.123. The van der Waals surface area contributed by atoms with Gasteiger partial charge in [0, 0.05) is 29.2 Å². The summed E-state index contributed by atoms with van der Waals surface area (Å²) in [6.45, 7) is 0. The summed E-state index contributed by atoms with van der Waals surface area (Å²) < 4.78 is 10.6. The second-order valence-corrected chi connectivity index (χ2v) is 11.9. The van der Waals surface area contributed by atoms with Gasteiger partial charge in [0.15, 0.2) is 23.1 Å². The summed E-state index contributed by atoms with van der Waals surface area (Å²) in [6.07, 6.45) is 6.82. The Morgan fingerprint density at radius 1 is 1.00 bits per heavy atom. The molecule has 2 amide bonds. The van der Waals surface area contributed by atoms with Gasteiger partial charge in [0.05, 0.1) is 36.2 Å². The van der Waals surface area contributed by atoms with Gasteiger partial charge in [-0.25, -0.2) is 9.69 Å². The minimum absolute atomic E-state index is 0.0421. The number of halogens is 1. The number of hydrogen-bond acceptors (Lipinski definition) is 9. The molecule has 4 atom stereocenters. The first-order valence-electron chi connectivity index (χ1n) is 13.9. The maximum atomic E-state index is 14.0. The first-order chi connectivity index (χ1) is 21.5. The van der Waals surface area contributed by atoms with Gasteiger partial charge in [-0.3, -0.25) is 19.2 Å². The lowest BCUT2D eigenvalue weighted by atomic mass is 9.61. The van der Waals surface area contributed by atoms with Crippen molar-refractivity contribution >= 4 is 57.0 Å². The van der Waals surface area contributed by atoms with Crippen LogP contribution >= 0.6 is 15.9 Å². The number of carbonyl (C=O) groups is 5. The molecule has 1 aliphatic heterocycles. The number of ketones is 2. The van der Waals surface area contributed by atoms with Crippen LogP contribution in [0, 0.1) is 23.7 Å². The highest BCUT2D eigenvalue weighted by Gasteiger charge is 2.56. The van der Waals surface area contributed by atoms with Crippen LogP contribution in [0.5, 0.6) is 23.0 Å². The average Bonchev–Trinajstić information content (AvgIpc) is 3.27. The number of carboxylic acids is 1. The minimum Gasteiger partial charge on any atom is -0.507 e. The Morgan fingerprint density at radius 2 is 1.69 bits per heavy atom. The van der Waals surface area contributed by atoms with Crippen LogP contribution in [0.3, 0.4) is 0 Å². The van der Waals surface area contributed by atoms with E-state index in [4.69, 9.17) is 9.47 Å². The summed E-state index contributed by atoms with van der Waals surface area (Å²) in [6, 6.07) is 6.66. The number of hydrogen-bond donors (Lipinski definition) is 3. The summed E-state index contributed by atoms with van der Waals surface area (Å²) in [4.78, 5) is 66.7. The number of methoxy groups -OCH3 is 2. The van der Waals surface area contributed by atoms with Gasteiger partial charge in [-0.1, -0.05) is 23.8 Å². The van der Waals surface area contributed by atoms with Gasteiger partial charge < -0.3 is 24.8 Å². The van der Waals surface area contributed by atoms with Gasteiger partial charge in [-0.05, 0) is 64.5 Å². The first kappa shape index (κ1) is 30.1. The van der Waals surface area contributed by atoms with Crippen LogP contribution in [0.2, 0.25) is 0 Å². The van der Waals surface area contributed by atoms with E-state index in [-0.39, 0.29) is 63.0 Å². The lowest BCUT2D eigenvalue weighted by Gasteiger charge is -2.41. The second-order valence-electron chi connectivity index (χ2n) is 11.1. The maximum Gasteiger partial charge on any atom is 0.339 e. The first-order valence-corrected chi connectivity index (χ1v) is 14.7. The number of Topliss-reactive ketones (excluding diaryl/α,β-unsaturated/α-hetero) is 1. The van der Waals surface area contributed by atoms with Crippen LogP contribution in [-0.4, -0.2) is 58.9 Å². The molecule has 0 radical (unpaired) electrons. The van der Waals surface area contributed by atoms with E-state index >= 15 is 0 Å². The quantitative estimate of drug-likeness (QED) is 0.228. The predicted octanol–water partition coefficient (Wildman–Crippen LogP) is 4.33. The number of aromatic carboxylic acids is 1. The number of carboxylic acid groups (broad SMARTS) is 1. The third kappa shape index (κ3) is 4.76. The zero-order chi connectivity index (χ0) is 32.3. The Balaban J connectivity index is 1.42. The Kier molecular flexibility index (Phi) is 7.48. The molecule has 0 spiro atoms. The molecule has 2 aromatic carbocycles. The molecule has 0 bridgehead atoms. The summed E-state index contributed by atoms with van der Waals surface area (Å²) in [5.74, 6) is -6.44. The number of nitrogens with zero attached hydrogens (tertiary/aromatic N) is 1. The number of benzene rings is 2. The summed E-state index contributed by atoms with van der Waals surface area (Å²) in [7, 11) is 2.80. The molecule has 3 N–H and O–H groups in total. The van der Waals surface area contributed by atoms with Gasteiger partial charge in [-0.2, -0.15) is 0 Å². The van der Waals surface area contributed by atoms with Crippen molar-refractivity contribution in [3.05, 3.63) is 80.9 Å². The van der Waals surface area contributed by atoms with E-state index in [0.29, 0.717) is 11.1 Å². The lowest BCUT2D eigenvalue weighted by Crippen LogP contribution is -2.40. The standard InChI is InChI=1S/C33H26BrNO10/c1-44-25-9-14(10-26(45-2)30(25)39)3-5-17-16-7-8-19-28(20(16)12-21-27(17)24(37)13-22(34)29(21)38)32(41)35(31(19)40)15-4-6-18(33(42)43)23(36)11-15/h3-7,9-11,13,17,19-20,28,36,39H,8,12H2,1-2H3,(H,42,43). The molecule has 4 aliphatic rings. The summed E-state index contributed by atoms with van der Waals surface area (Å²) in [5.41, 5.74) is 1.53. The second kappa shape index (κ2) is 11.2. The fourth-order valence-corrected chi connectivity index (χ4v) is 7.24. The van der Waals surface area contributed by atoms with Crippen molar-refractivity contribution in [3.8, 4) is 23.0 Å². The van der Waals surface area contributed by atoms with Crippen molar-refractivity contribution < 1.29 is 48.8 Å². The van der Waals surface area contributed by atoms with Gasteiger partial charge >= 0.3 is 5.97 Å². The molecule has 230 valence electrons. The third-order valence-electron chi connectivity index (χ3n) is 8.83. The third-order valence-corrected chi connectivity index (χ3v) is 9.42. The number of imide groups is 1. The molecule has 45 heavy (non-hydrogen) atoms. The zero-order valence-corrected chi connectivity index (χ0v) is 25.5. The SMILES string of the molecule is COc1cc(C=CC2C3=CCC4C(=O)N(c5ccc(C(=O)O)c(O)c5)C(=O)C4C3CC3=C2C(=O)C=C(Br)C3=O)cc(OC)c1O. The Bertz CT molecular complexity index is 1830. The number of anilines is 1. The smallest absolute Gasteiger partial charge is 0.339 e. The molecule has 1 heterocycles. The minimum atomic E-state index is -1.36. The molecular weight excluding hydrogens is 650 g/mol. The van der Waals surface area contributed by atoms with E-state index in [1.807, 2.05) is 6.08 Å². The van der Waals surface area contributed by atoms with Crippen molar-refractivity contribution in [3.63, 3.8) is 0 Å². The van der Waals surface area contributed by atoms with Crippen LogP contribution in [-0.2, 0) is 19.2 Å². The van der Waals surface area contributed by atoms with Gasteiger partial charge in [0.1, 0.15) is 11.3 Å². The van der Waals surface area contributed by atoms with Gasteiger partial charge in [0.25, 0.3) is 0 Å². The topological polar surface area (TPSA) is 168 Å². The molecule has 6 rings (SSSR count). The normalized spacial score (nSPS) is 24.3. The molecule has 0 aromatic heterocycles. The number of allylic oxidation sites excluding steroid dienone is 7. The summed E-state index contributed by atoms with van der Waals surface area (Å²) >= 11 is 3.20. The van der Waals surface area contributed by atoms with E-state index in [0.717, 1.165) is 22.6 Å². The Hall–Kier alpha value is -4.97. The van der Waals surface area contributed by atoms with Crippen molar-refractivity contribution in [2.24, 2.45) is 23.7 Å². The van der Waals surface area contributed by atoms with Crippen molar-refractivity contribution in [2.75, 3.05) is 19.1 Å². The predicted molar refractivity (Wildman–Crippen MR) is 163 cm³/mol. The van der Waals surface area contributed by atoms with Crippen LogP contribution in [0.1, 0.15) is 28.8 Å². The van der Waals surface area contributed by atoms with Crippen molar-refractivity contribution in [1.82, 2.24) is 0 Å². The largest absolute Gasteiger partial charge is 0.507 e. The van der Waals surface area contributed by atoms with Crippen molar-refractivity contribution in [2.45, 2.75) is 12.8 Å². The molecule has 2 aromatic rings. The molecular formula is C33H26BrNO10. The van der Waals surface area contributed by atoms with Gasteiger partial charge in [0.2, 0.25) is 17.6 Å². The molecule has 4 unspecified atom stereocenters. The number of rotatable bonds is 6. The molecule has 11 nitrogen and oxygen atoms in total. The van der Waals surface area contributed by atoms with Crippen LogP contribution in [0.4, 0.5) is 5.69 Å². The molecule has 0 saturated carbocycles. The maximum absolute atomic E-state index is 14.0. The van der Waals surface area contributed by atoms with E-state index in [1.54, 1.807) is 24.3 Å². The number of aromatic hydroxyl groups is 2. The highest BCUT2D eigenvalue weighted by molar-refractivity contribution is 9.12. The number of amides is 2. The number of fused-ring (bicyclic) bond motifs is 3. The van der Waals surface area contributed by atoms with Crippen LogP contribution < -0.4 is 14.4 Å². The summed E-state index contributed by atoms with van der Waals surface area (Å²) in [5, 5.41) is 29.9. The fraction of sp³-hybridized carbons (Fsp3) is 0.242. The highest BCUT2D eigenvalue weighted by Crippen LogP contribution is 2.53. The van der Waals surface area contributed by atoms with E-state index in [1.165, 1.54) is 26.4 Å². The highest BCUT2D eigenvalue weighted by atomic mass is 79.9. The van der Waals surface area contributed by atoms with Gasteiger partial charge in [-0.15, -0.1) is 0 Å². The molecule has 1 saturated heterocycles. The van der Waals surface area contributed by atoms with Crippen molar-refractivity contribution in [1.29, 1.82) is 0 Å². The Labute approximate surface area is 264 Å².